The zero-order valence-electron chi connectivity index (χ0n) is 12.3. The van der Waals surface area contributed by atoms with Crippen LogP contribution in [0.3, 0.4) is 0 Å². The van der Waals surface area contributed by atoms with Crippen molar-refractivity contribution >= 4 is 28.2 Å². The van der Waals surface area contributed by atoms with Crippen molar-refractivity contribution in [1.29, 1.82) is 0 Å². The first-order valence-electron chi connectivity index (χ1n) is 7.19. The van der Waals surface area contributed by atoms with Crippen LogP contribution in [-0.2, 0) is 17.6 Å². The minimum atomic E-state index is -0.434. The zero-order chi connectivity index (χ0) is 14.9. The summed E-state index contributed by atoms with van der Waals surface area (Å²) in [5.74, 6) is 0.0897. The highest BCUT2D eigenvalue weighted by Gasteiger charge is 2.27. The lowest BCUT2D eigenvalue weighted by Crippen LogP contribution is -2.22. The number of anilines is 1. The first kappa shape index (κ1) is 15.0. The van der Waals surface area contributed by atoms with Crippen molar-refractivity contribution in [1.82, 2.24) is 0 Å². The summed E-state index contributed by atoms with van der Waals surface area (Å²) in [6.07, 6.45) is 3.70. The van der Waals surface area contributed by atoms with Gasteiger partial charge in [-0.05, 0) is 37.2 Å². The Morgan fingerprint density at radius 2 is 2.20 bits per heavy atom. The molecule has 110 valence electrons. The highest BCUT2D eigenvalue weighted by Crippen LogP contribution is 2.39. The van der Waals surface area contributed by atoms with Crippen LogP contribution in [0.25, 0.3) is 0 Å². The molecule has 0 aliphatic heterocycles. The van der Waals surface area contributed by atoms with Crippen LogP contribution in [-0.4, -0.2) is 11.8 Å². The summed E-state index contributed by atoms with van der Waals surface area (Å²) in [6, 6.07) is 0. The third kappa shape index (κ3) is 2.87. The van der Waals surface area contributed by atoms with Gasteiger partial charge in [0, 0.05) is 10.8 Å². The molecule has 1 aliphatic rings. The van der Waals surface area contributed by atoms with Crippen molar-refractivity contribution < 1.29 is 9.59 Å². The number of nitrogens with one attached hydrogen (secondary N) is 1. The van der Waals surface area contributed by atoms with E-state index in [-0.39, 0.29) is 11.8 Å². The van der Waals surface area contributed by atoms with E-state index >= 15 is 0 Å². The van der Waals surface area contributed by atoms with Gasteiger partial charge in [-0.3, -0.25) is 9.59 Å². The first-order chi connectivity index (χ1) is 9.43. The molecule has 0 bridgehead atoms. The van der Waals surface area contributed by atoms with Gasteiger partial charge in [0.1, 0.15) is 5.00 Å². The van der Waals surface area contributed by atoms with E-state index < -0.39 is 5.91 Å². The molecule has 2 unspecified atom stereocenters. The van der Waals surface area contributed by atoms with Gasteiger partial charge < -0.3 is 11.1 Å². The second-order valence-electron chi connectivity index (χ2n) is 5.72. The molecule has 2 rings (SSSR count). The van der Waals surface area contributed by atoms with Crippen LogP contribution in [0.4, 0.5) is 5.00 Å². The molecular weight excluding hydrogens is 272 g/mol. The van der Waals surface area contributed by atoms with Crippen LogP contribution in [0, 0.1) is 11.8 Å². The maximum Gasteiger partial charge on any atom is 0.251 e. The van der Waals surface area contributed by atoms with Crippen LogP contribution in [0.1, 0.15) is 54.4 Å². The number of thiophene rings is 1. The molecule has 0 saturated carbocycles. The predicted octanol–water partition coefficient (Wildman–Crippen LogP) is 2.96. The number of nitrogens with two attached hydrogens (primary N) is 1. The van der Waals surface area contributed by atoms with Crippen LogP contribution in [0.15, 0.2) is 0 Å². The number of hydrogen-bond acceptors (Lipinski definition) is 3. The first-order valence-corrected chi connectivity index (χ1v) is 8.00. The zero-order valence-corrected chi connectivity index (χ0v) is 13.1. The van der Waals surface area contributed by atoms with E-state index in [0.29, 0.717) is 16.5 Å². The number of hydrogen-bond donors (Lipinski definition) is 2. The molecule has 3 N–H and O–H groups in total. The molecule has 20 heavy (non-hydrogen) atoms. The quantitative estimate of drug-likeness (QED) is 0.896. The van der Waals surface area contributed by atoms with Crippen LogP contribution >= 0.6 is 11.3 Å². The van der Waals surface area contributed by atoms with Crippen molar-refractivity contribution in [2.75, 3.05) is 5.32 Å². The van der Waals surface area contributed by atoms with Gasteiger partial charge in [0.25, 0.3) is 5.91 Å². The van der Waals surface area contributed by atoms with Gasteiger partial charge in [0.2, 0.25) is 5.91 Å². The average Bonchev–Trinajstić information content (AvgIpc) is 2.74. The summed E-state index contributed by atoms with van der Waals surface area (Å²) in [4.78, 5) is 25.0. The lowest BCUT2D eigenvalue weighted by molar-refractivity contribution is -0.119. The number of amides is 2. The Bertz CT molecular complexity index is 536. The van der Waals surface area contributed by atoms with Gasteiger partial charge in [-0.1, -0.05) is 20.8 Å². The fourth-order valence-corrected chi connectivity index (χ4v) is 3.94. The molecule has 4 nitrogen and oxygen atoms in total. The second kappa shape index (κ2) is 5.95. The number of fused-ring (bicyclic) bond motifs is 1. The predicted molar refractivity (Wildman–Crippen MR) is 82.1 cm³/mol. The van der Waals surface area contributed by atoms with Gasteiger partial charge in [0.05, 0.1) is 5.56 Å². The minimum absolute atomic E-state index is 0.0401. The topological polar surface area (TPSA) is 72.2 Å². The summed E-state index contributed by atoms with van der Waals surface area (Å²) in [7, 11) is 0. The van der Waals surface area contributed by atoms with Gasteiger partial charge in [-0.2, -0.15) is 0 Å². The van der Waals surface area contributed by atoms with E-state index in [1.165, 1.54) is 16.2 Å². The minimum Gasteiger partial charge on any atom is -0.365 e. The summed E-state index contributed by atoms with van der Waals surface area (Å²) >= 11 is 1.52. The molecule has 2 atom stereocenters. The number of rotatable bonds is 4. The molecule has 2 amide bonds. The molecular formula is C15H22N2O2S. The molecule has 0 radical (unpaired) electrons. The average molecular weight is 294 g/mol. The van der Waals surface area contributed by atoms with Gasteiger partial charge >= 0.3 is 0 Å². The van der Waals surface area contributed by atoms with Crippen LogP contribution < -0.4 is 11.1 Å². The van der Waals surface area contributed by atoms with E-state index in [0.717, 1.165) is 31.2 Å². The van der Waals surface area contributed by atoms with E-state index in [2.05, 4.69) is 12.2 Å². The SMILES string of the molecule is CCC(C)C(=O)Nc1sc2c(c1C(N)=O)CCC(C)C2. The van der Waals surface area contributed by atoms with Crippen molar-refractivity contribution in [2.24, 2.45) is 17.6 Å². The smallest absolute Gasteiger partial charge is 0.251 e. The number of carbonyl (C=O) groups is 2. The van der Waals surface area contributed by atoms with Crippen LogP contribution in [0.2, 0.25) is 0 Å². The molecule has 1 aromatic heterocycles. The van der Waals surface area contributed by atoms with Gasteiger partial charge in [-0.25, -0.2) is 0 Å². The molecule has 0 saturated heterocycles. The van der Waals surface area contributed by atoms with Crippen molar-refractivity contribution in [3.63, 3.8) is 0 Å². The Labute approximate surface area is 123 Å². The fraction of sp³-hybridized carbons (Fsp3) is 0.600. The molecule has 0 aromatic carbocycles. The Morgan fingerprint density at radius 1 is 1.50 bits per heavy atom. The van der Waals surface area contributed by atoms with Gasteiger partial charge in [0.15, 0.2) is 0 Å². The molecule has 1 aromatic rings. The highest BCUT2D eigenvalue weighted by atomic mass is 32.1. The summed E-state index contributed by atoms with van der Waals surface area (Å²) in [5.41, 5.74) is 7.11. The summed E-state index contributed by atoms with van der Waals surface area (Å²) < 4.78 is 0. The molecule has 1 heterocycles. The van der Waals surface area contributed by atoms with E-state index in [9.17, 15) is 9.59 Å². The normalized spacial score (nSPS) is 19.2. The van der Waals surface area contributed by atoms with E-state index in [1.807, 2.05) is 13.8 Å². The van der Waals surface area contributed by atoms with Crippen molar-refractivity contribution in [2.45, 2.75) is 46.5 Å². The number of carbonyl (C=O) groups excluding carboxylic acids is 2. The fourth-order valence-electron chi connectivity index (χ4n) is 2.52. The summed E-state index contributed by atoms with van der Waals surface area (Å²) in [6.45, 7) is 6.07. The molecule has 5 heteroatoms. The highest BCUT2D eigenvalue weighted by molar-refractivity contribution is 7.17. The standard InChI is InChI=1S/C15H22N2O2S/c1-4-9(3)14(19)17-15-12(13(16)18)10-6-5-8(2)7-11(10)20-15/h8-9H,4-7H2,1-3H3,(H2,16,18)(H,17,19). The largest absolute Gasteiger partial charge is 0.365 e. The third-order valence-electron chi connectivity index (χ3n) is 4.05. The van der Waals surface area contributed by atoms with E-state index in [4.69, 9.17) is 5.73 Å². The monoisotopic (exact) mass is 294 g/mol. The third-order valence-corrected chi connectivity index (χ3v) is 5.22. The lowest BCUT2D eigenvalue weighted by atomic mass is 9.88. The Hall–Kier alpha value is -1.36. The Kier molecular flexibility index (Phi) is 4.48. The summed E-state index contributed by atoms with van der Waals surface area (Å²) in [5, 5.41) is 3.53. The van der Waals surface area contributed by atoms with Crippen molar-refractivity contribution in [3.05, 3.63) is 16.0 Å². The maximum absolute atomic E-state index is 12.0. The molecule has 1 aliphatic carbocycles. The second-order valence-corrected chi connectivity index (χ2v) is 6.82. The molecule has 0 fully saturated rings. The number of primary amides is 1. The van der Waals surface area contributed by atoms with Gasteiger partial charge in [-0.15, -0.1) is 11.3 Å². The lowest BCUT2D eigenvalue weighted by Gasteiger charge is -2.18. The Balaban J connectivity index is 2.33. The molecule has 0 spiro atoms. The van der Waals surface area contributed by atoms with Crippen LogP contribution in [0.5, 0.6) is 0 Å². The maximum atomic E-state index is 12.0. The Morgan fingerprint density at radius 3 is 2.80 bits per heavy atom. The van der Waals surface area contributed by atoms with E-state index in [1.54, 1.807) is 0 Å². The van der Waals surface area contributed by atoms with Crippen molar-refractivity contribution in [3.8, 4) is 0 Å².